The molecule has 152 valence electrons. The molecule has 1 saturated heterocycles. The maximum atomic E-state index is 12.6. The zero-order valence-corrected chi connectivity index (χ0v) is 16.3. The third-order valence-electron chi connectivity index (χ3n) is 5.05. The van der Waals surface area contributed by atoms with Crippen LogP contribution in [0.1, 0.15) is 31.9 Å². The number of aliphatic imine (C=N–C) groups is 1. The van der Waals surface area contributed by atoms with Crippen LogP contribution in [0.3, 0.4) is 0 Å². The van der Waals surface area contributed by atoms with Gasteiger partial charge in [-0.3, -0.25) is 0 Å². The second-order valence-corrected chi connectivity index (χ2v) is 6.95. The van der Waals surface area contributed by atoms with Gasteiger partial charge >= 0.3 is 6.61 Å². The van der Waals surface area contributed by atoms with Crippen molar-refractivity contribution >= 4 is 5.96 Å². The molecule has 0 bridgehead atoms. The van der Waals surface area contributed by atoms with Crippen molar-refractivity contribution in [1.29, 1.82) is 0 Å². The van der Waals surface area contributed by atoms with E-state index in [1.54, 1.807) is 30.5 Å². The highest BCUT2D eigenvalue weighted by Gasteiger charge is 2.28. The second-order valence-electron chi connectivity index (χ2n) is 6.95. The highest BCUT2D eigenvalue weighted by molar-refractivity contribution is 5.80. The molecule has 3 rings (SSSR count). The van der Waals surface area contributed by atoms with Gasteiger partial charge in [0.05, 0.1) is 18.9 Å². The summed E-state index contributed by atoms with van der Waals surface area (Å²) in [5.41, 5.74) is 0.634. The molecule has 1 aliphatic heterocycles. The molecule has 1 aromatic heterocycles. The van der Waals surface area contributed by atoms with Crippen molar-refractivity contribution in [2.24, 2.45) is 10.9 Å². The molecule has 2 unspecified atom stereocenters. The van der Waals surface area contributed by atoms with Crippen molar-refractivity contribution in [3.05, 3.63) is 48.5 Å². The highest BCUT2D eigenvalue weighted by Crippen LogP contribution is 2.27. The second kappa shape index (κ2) is 9.52. The average molecular weight is 391 g/mol. The van der Waals surface area contributed by atoms with Gasteiger partial charge in [0.2, 0.25) is 0 Å². The van der Waals surface area contributed by atoms with E-state index in [-0.39, 0.29) is 12.3 Å². The SMILES string of the molecule is CCNC(=NCc1ccccc1OC(F)F)N1CCC(C)C(n2ccnc2)C1. The minimum Gasteiger partial charge on any atom is -0.434 e. The summed E-state index contributed by atoms with van der Waals surface area (Å²) in [6.45, 7) is 4.14. The largest absolute Gasteiger partial charge is 0.434 e. The van der Waals surface area contributed by atoms with Gasteiger partial charge < -0.3 is 19.5 Å². The van der Waals surface area contributed by atoms with Gasteiger partial charge in [0, 0.05) is 37.6 Å². The average Bonchev–Trinajstić information content (AvgIpc) is 3.21. The predicted molar refractivity (Wildman–Crippen MR) is 105 cm³/mol. The minimum absolute atomic E-state index is 0.167. The van der Waals surface area contributed by atoms with Crippen molar-refractivity contribution in [2.45, 2.75) is 39.5 Å². The number of nitrogens with zero attached hydrogens (tertiary/aromatic N) is 4. The first kappa shape index (κ1) is 20.1. The fraction of sp³-hybridized carbons (Fsp3) is 0.500. The smallest absolute Gasteiger partial charge is 0.387 e. The Kier molecular flexibility index (Phi) is 6.84. The molecule has 0 radical (unpaired) electrons. The summed E-state index contributed by atoms with van der Waals surface area (Å²) in [6.07, 6.45) is 6.68. The topological polar surface area (TPSA) is 54.7 Å². The van der Waals surface area contributed by atoms with E-state index >= 15 is 0 Å². The van der Waals surface area contributed by atoms with Crippen LogP contribution in [-0.2, 0) is 6.54 Å². The van der Waals surface area contributed by atoms with Crippen molar-refractivity contribution < 1.29 is 13.5 Å². The van der Waals surface area contributed by atoms with E-state index in [0.717, 1.165) is 32.0 Å². The molecule has 1 aromatic carbocycles. The number of halogens is 2. The van der Waals surface area contributed by atoms with E-state index < -0.39 is 6.61 Å². The van der Waals surface area contributed by atoms with Gasteiger partial charge in [-0.15, -0.1) is 0 Å². The Labute approximate surface area is 164 Å². The molecular weight excluding hydrogens is 364 g/mol. The van der Waals surface area contributed by atoms with Crippen LogP contribution in [0, 0.1) is 5.92 Å². The molecule has 2 atom stereocenters. The van der Waals surface area contributed by atoms with Gasteiger partial charge in [0.25, 0.3) is 0 Å². The third kappa shape index (κ3) is 4.99. The summed E-state index contributed by atoms with van der Waals surface area (Å²) in [6, 6.07) is 7.10. The summed E-state index contributed by atoms with van der Waals surface area (Å²) in [4.78, 5) is 11.1. The molecule has 1 N–H and O–H groups in total. The molecule has 2 aromatic rings. The van der Waals surface area contributed by atoms with Crippen molar-refractivity contribution in [3.63, 3.8) is 0 Å². The number of alkyl halides is 2. The Hall–Kier alpha value is -2.64. The number of guanidine groups is 1. The predicted octanol–water partition coefficient (Wildman–Crippen LogP) is 3.53. The third-order valence-corrected chi connectivity index (χ3v) is 5.05. The monoisotopic (exact) mass is 391 g/mol. The molecule has 0 amide bonds. The fourth-order valence-electron chi connectivity index (χ4n) is 3.53. The lowest BCUT2D eigenvalue weighted by Gasteiger charge is -2.39. The van der Waals surface area contributed by atoms with E-state index in [2.05, 4.69) is 31.4 Å². The first-order valence-electron chi connectivity index (χ1n) is 9.62. The van der Waals surface area contributed by atoms with Gasteiger partial charge in [-0.2, -0.15) is 8.78 Å². The molecule has 8 heteroatoms. The zero-order valence-electron chi connectivity index (χ0n) is 16.3. The summed E-state index contributed by atoms with van der Waals surface area (Å²) in [5, 5.41) is 3.33. The van der Waals surface area contributed by atoms with Gasteiger partial charge in [-0.05, 0) is 25.3 Å². The minimum atomic E-state index is -2.85. The van der Waals surface area contributed by atoms with Crippen molar-refractivity contribution in [3.8, 4) is 5.75 Å². The normalized spacial score (nSPS) is 20.5. The number of para-hydroxylation sites is 1. The van der Waals surface area contributed by atoms with Crippen LogP contribution in [0.4, 0.5) is 8.78 Å². The Balaban J connectivity index is 1.76. The Morgan fingerprint density at radius 2 is 2.21 bits per heavy atom. The summed E-state index contributed by atoms with van der Waals surface area (Å²) < 4.78 is 32.0. The maximum absolute atomic E-state index is 12.6. The fourth-order valence-corrected chi connectivity index (χ4v) is 3.53. The van der Waals surface area contributed by atoms with Gasteiger partial charge in [0.15, 0.2) is 5.96 Å². The molecule has 0 spiro atoms. The number of hydrogen-bond donors (Lipinski definition) is 1. The van der Waals surface area contributed by atoms with Crippen LogP contribution >= 0.6 is 0 Å². The number of likely N-dealkylation sites (tertiary alicyclic amines) is 1. The summed E-state index contributed by atoms with van der Waals surface area (Å²) in [5.74, 6) is 1.49. The van der Waals surface area contributed by atoms with Crippen LogP contribution < -0.4 is 10.1 Å². The van der Waals surface area contributed by atoms with Crippen LogP contribution in [-0.4, -0.2) is 46.7 Å². The molecule has 0 aliphatic carbocycles. The molecule has 2 heterocycles. The lowest BCUT2D eigenvalue weighted by molar-refractivity contribution is -0.0504. The quantitative estimate of drug-likeness (QED) is 0.605. The molecular formula is C20H27F2N5O. The van der Waals surface area contributed by atoms with Crippen LogP contribution in [0.15, 0.2) is 48.0 Å². The summed E-state index contributed by atoms with van der Waals surface area (Å²) >= 11 is 0. The van der Waals surface area contributed by atoms with Crippen molar-refractivity contribution in [1.82, 2.24) is 19.8 Å². The number of aromatic nitrogens is 2. The van der Waals surface area contributed by atoms with E-state index in [4.69, 9.17) is 4.99 Å². The van der Waals surface area contributed by atoms with E-state index in [9.17, 15) is 8.78 Å². The molecule has 1 aliphatic rings. The lowest BCUT2D eigenvalue weighted by Crippen LogP contribution is -2.49. The first-order valence-corrected chi connectivity index (χ1v) is 9.62. The van der Waals surface area contributed by atoms with Crippen LogP contribution in [0.25, 0.3) is 0 Å². The summed E-state index contributed by atoms with van der Waals surface area (Å²) in [7, 11) is 0. The van der Waals surface area contributed by atoms with Crippen molar-refractivity contribution in [2.75, 3.05) is 19.6 Å². The van der Waals surface area contributed by atoms with Gasteiger partial charge in [-0.25, -0.2) is 9.98 Å². The molecule has 1 fully saturated rings. The molecule has 6 nitrogen and oxygen atoms in total. The number of imidazole rings is 1. The van der Waals surface area contributed by atoms with E-state index in [0.29, 0.717) is 17.5 Å². The van der Waals surface area contributed by atoms with Gasteiger partial charge in [-0.1, -0.05) is 25.1 Å². The number of ether oxygens (including phenoxy) is 1. The number of benzene rings is 1. The maximum Gasteiger partial charge on any atom is 0.387 e. The Morgan fingerprint density at radius 1 is 1.39 bits per heavy atom. The number of piperidine rings is 1. The van der Waals surface area contributed by atoms with Gasteiger partial charge in [0.1, 0.15) is 5.75 Å². The Bertz CT molecular complexity index is 766. The van der Waals surface area contributed by atoms with Crippen LogP contribution in [0.2, 0.25) is 0 Å². The number of rotatable bonds is 6. The van der Waals surface area contributed by atoms with E-state index in [1.807, 2.05) is 19.4 Å². The molecule has 0 saturated carbocycles. The lowest BCUT2D eigenvalue weighted by atomic mass is 9.93. The zero-order chi connectivity index (χ0) is 19.9. The number of hydrogen-bond acceptors (Lipinski definition) is 3. The highest BCUT2D eigenvalue weighted by atomic mass is 19.3. The Morgan fingerprint density at radius 3 is 2.93 bits per heavy atom. The standard InChI is InChI=1S/C20H27F2N5O/c1-3-24-20(25-12-16-6-4-5-7-18(16)28-19(21)22)26-10-8-15(2)17(13-26)27-11-9-23-14-27/h4-7,9,11,14-15,17,19H,3,8,10,12-13H2,1-2H3,(H,24,25). The first-order chi connectivity index (χ1) is 13.6. The number of nitrogens with one attached hydrogen (secondary N) is 1. The molecule has 28 heavy (non-hydrogen) atoms. The van der Waals surface area contributed by atoms with Crippen LogP contribution in [0.5, 0.6) is 5.75 Å². The van der Waals surface area contributed by atoms with E-state index in [1.165, 1.54) is 0 Å².